The number of carbonyl (C=O) groups is 1. The number of rotatable bonds is 3. The van der Waals surface area contributed by atoms with Gasteiger partial charge in [-0.25, -0.2) is 0 Å². The number of fused-ring (bicyclic) bond motifs is 1. The van der Waals surface area contributed by atoms with Gasteiger partial charge in [0, 0.05) is 24.0 Å². The van der Waals surface area contributed by atoms with E-state index in [9.17, 15) is 9.59 Å². The molecule has 1 N–H and O–H groups in total. The lowest BCUT2D eigenvalue weighted by molar-refractivity contribution is -0.122. The van der Waals surface area contributed by atoms with Crippen molar-refractivity contribution in [1.82, 2.24) is 9.88 Å². The fourth-order valence-electron chi connectivity index (χ4n) is 1.74. The third kappa shape index (κ3) is 2.78. The summed E-state index contributed by atoms with van der Waals surface area (Å²) in [6.07, 6.45) is 0. The van der Waals surface area contributed by atoms with E-state index in [0.29, 0.717) is 0 Å². The molecule has 0 saturated carbocycles. The summed E-state index contributed by atoms with van der Waals surface area (Å²) < 4.78 is 7.67. The topological polar surface area (TPSA) is 60.3 Å². The zero-order valence-corrected chi connectivity index (χ0v) is 12.2. The molecule has 2 aromatic rings. The van der Waals surface area contributed by atoms with Crippen LogP contribution in [0, 0.1) is 0 Å². The normalized spacial score (nSPS) is 10.5. The summed E-state index contributed by atoms with van der Waals surface area (Å²) in [7, 11) is 3.19. The Kier molecular flexibility index (Phi) is 3.90. The number of halogens is 1. The summed E-state index contributed by atoms with van der Waals surface area (Å²) in [6.45, 7) is -0.175. The predicted octanol–water partition coefficient (Wildman–Crippen LogP) is 1.43. The van der Waals surface area contributed by atoms with Crippen LogP contribution < -0.4 is 15.6 Å². The van der Waals surface area contributed by atoms with Gasteiger partial charge in [0.05, 0.1) is 5.52 Å². The maximum absolute atomic E-state index is 12.1. The molecule has 1 amide bonds. The third-order valence-corrected chi connectivity index (χ3v) is 3.28. The molecule has 0 bridgehead atoms. The molecule has 1 aromatic carbocycles. The molecule has 0 fully saturated rings. The molecular weight excluding hydrogens is 312 g/mol. The van der Waals surface area contributed by atoms with Gasteiger partial charge in [-0.15, -0.1) is 0 Å². The van der Waals surface area contributed by atoms with E-state index >= 15 is 0 Å². The second kappa shape index (κ2) is 5.44. The summed E-state index contributed by atoms with van der Waals surface area (Å²) in [5.41, 5.74) is 0.541. The first-order valence-corrected chi connectivity index (χ1v) is 6.45. The Morgan fingerprint density at radius 3 is 2.84 bits per heavy atom. The first kappa shape index (κ1) is 13.6. The molecule has 0 unspecified atom stereocenters. The first-order chi connectivity index (χ1) is 9.02. The number of aryl methyl sites for hydroxylation is 1. The molecule has 0 radical (unpaired) electrons. The minimum atomic E-state index is -0.281. The number of hydrogen-bond acceptors (Lipinski definition) is 3. The molecule has 0 atom stereocenters. The molecule has 0 aliphatic carbocycles. The molecule has 0 aliphatic heterocycles. The van der Waals surface area contributed by atoms with Gasteiger partial charge in [-0.05, 0) is 24.3 Å². The highest BCUT2D eigenvalue weighted by atomic mass is 79.9. The Bertz CT molecular complexity index is 694. The molecule has 2 rings (SSSR count). The van der Waals surface area contributed by atoms with E-state index in [1.165, 1.54) is 11.6 Å². The number of likely N-dealkylation sites (N-methyl/N-ethyl adjacent to an activating group) is 1. The average Bonchev–Trinajstić information content (AvgIpc) is 2.40. The summed E-state index contributed by atoms with van der Waals surface area (Å²) in [5.74, 6) is -0.118. The van der Waals surface area contributed by atoms with Crippen LogP contribution in [0.25, 0.3) is 10.9 Å². The highest BCUT2D eigenvalue weighted by Crippen LogP contribution is 2.21. The minimum Gasteiger partial charge on any atom is -0.478 e. The minimum absolute atomic E-state index is 0.164. The Labute approximate surface area is 118 Å². The first-order valence-electron chi connectivity index (χ1n) is 5.65. The van der Waals surface area contributed by atoms with Crippen LogP contribution in [0.1, 0.15) is 0 Å². The maximum atomic E-state index is 12.1. The van der Waals surface area contributed by atoms with E-state index in [2.05, 4.69) is 21.2 Å². The highest BCUT2D eigenvalue weighted by Gasteiger charge is 2.09. The van der Waals surface area contributed by atoms with Crippen LogP contribution in [0.4, 0.5) is 0 Å². The van der Waals surface area contributed by atoms with Crippen molar-refractivity contribution in [2.45, 2.75) is 0 Å². The summed E-state index contributed by atoms with van der Waals surface area (Å²) in [5, 5.41) is 3.30. The van der Waals surface area contributed by atoms with E-state index < -0.39 is 0 Å². The summed E-state index contributed by atoms with van der Waals surface area (Å²) >= 11 is 3.38. The Morgan fingerprint density at radius 1 is 1.42 bits per heavy atom. The molecule has 19 heavy (non-hydrogen) atoms. The highest BCUT2D eigenvalue weighted by molar-refractivity contribution is 9.10. The number of carbonyl (C=O) groups excluding carboxylic acids is 1. The fourth-order valence-corrected chi connectivity index (χ4v) is 2.12. The van der Waals surface area contributed by atoms with Gasteiger partial charge < -0.3 is 14.6 Å². The number of ether oxygens (including phenoxy) is 1. The number of benzene rings is 1. The molecule has 0 aliphatic rings. The summed E-state index contributed by atoms with van der Waals surface area (Å²) in [6, 6.07) is 7.25. The van der Waals surface area contributed by atoms with E-state index in [1.807, 2.05) is 18.2 Å². The van der Waals surface area contributed by atoms with Crippen molar-refractivity contribution < 1.29 is 9.53 Å². The van der Waals surface area contributed by atoms with Crippen molar-refractivity contribution in [3.8, 4) is 5.75 Å². The van der Waals surface area contributed by atoms with Crippen LogP contribution in [0.5, 0.6) is 5.75 Å². The van der Waals surface area contributed by atoms with Crippen LogP contribution in [0.2, 0.25) is 0 Å². The number of amides is 1. The van der Waals surface area contributed by atoms with Crippen molar-refractivity contribution in [3.63, 3.8) is 0 Å². The lowest BCUT2D eigenvalue weighted by atomic mass is 10.2. The second-order valence-electron chi connectivity index (χ2n) is 4.04. The average molecular weight is 325 g/mol. The monoisotopic (exact) mass is 324 g/mol. The van der Waals surface area contributed by atoms with E-state index in [1.54, 1.807) is 13.1 Å². The quantitative estimate of drug-likeness (QED) is 0.929. The Hall–Kier alpha value is -1.82. The van der Waals surface area contributed by atoms with Crippen LogP contribution in [0.3, 0.4) is 0 Å². The van der Waals surface area contributed by atoms with Gasteiger partial charge in [-0.2, -0.15) is 0 Å². The number of nitrogens with one attached hydrogen (secondary N) is 1. The molecule has 0 spiro atoms. The SMILES string of the molecule is CNC(=O)COc1cc2cc(Br)ccc2n(C)c1=O. The molecule has 6 heteroatoms. The van der Waals surface area contributed by atoms with Crippen LogP contribution >= 0.6 is 15.9 Å². The van der Waals surface area contributed by atoms with Gasteiger partial charge in [0.1, 0.15) is 0 Å². The predicted molar refractivity (Wildman–Crippen MR) is 76.5 cm³/mol. The van der Waals surface area contributed by atoms with Crippen molar-refractivity contribution in [2.75, 3.05) is 13.7 Å². The van der Waals surface area contributed by atoms with Gasteiger partial charge in [0.2, 0.25) is 0 Å². The van der Waals surface area contributed by atoms with Gasteiger partial charge in [0.15, 0.2) is 12.4 Å². The lowest BCUT2D eigenvalue weighted by Gasteiger charge is -2.10. The molecular formula is C13H13BrN2O3. The van der Waals surface area contributed by atoms with Gasteiger partial charge in [-0.1, -0.05) is 15.9 Å². The molecule has 5 nitrogen and oxygen atoms in total. The molecule has 1 heterocycles. The van der Waals surface area contributed by atoms with E-state index in [4.69, 9.17) is 4.74 Å². The number of nitrogens with zero attached hydrogens (tertiary/aromatic N) is 1. The third-order valence-electron chi connectivity index (χ3n) is 2.79. The molecule has 100 valence electrons. The smallest absolute Gasteiger partial charge is 0.293 e. The van der Waals surface area contributed by atoms with Crippen molar-refractivity contribution in [3.05, 3.63) is 39.1 Å². The number of hydrogen-bond donors (Lipinski definition) is 1. The van der Waals surface area contributed by atoms with Gasteiger partial charge in [0.25, 0.3) is 11.5 Å². The van der Waals surface area contributed by atoms with Gasteiger partial charge in [-0.3, -0.25) is 9.59 Å². The molecule has 1 aromatic heterocycles. The standard InChI is InChI=1S/C13H13BrN2O3/c1-15-12(17)7-19-11-6-8-5-9(14)3-4-10(8)16(2)13(11)18/h3-6H,7H2,1-2H3,(H,15,17). The number of pyridine rings is 1. The van der Waals surface area contributed by atoms with Crippen molar-refractivity contribution in [2.24, 2.45) is 7.05 Å². The largest absolute Gasteiger partial charge is 0.478 e. The number of aromatic nitrogens is 1. The summed E-state index contributed by atoms with van der Waals surface area (Å²) in [4.78, 5) is 23.2. The zero-order valence-electron chi connectivity index (χ0n) is 10.6. The van der Waals surface area contributed by atoms with Gasteiger partial charge >= 0.3 is 0 Å². The van der Waals surface area contributed by atoms with E-state index in [0.717, 1.165) is 15.4 Å². The molecule has 0 saturated heterocycles. The van der Waals surface area contributed by atoms with Crippen LogP contribution in [-0.2, 0) is 11.8 Å². The van der Waals surface area contributed by atoms with Crippen molar-refractivity contribution >= 4 is 32.7 Å². The van der Waals surface area contributed by atoms with Crippen LogP contribution in [0.15, 0.2) is 33.5 Å². The Balaban J connectivity index is 2.47. The zero-order chi connectivity index (χ0) is 14.0. The lowest BCUT2D eigenvalue weighted by Crippen LogP contribution is -2.27. The van der Waals surface area contributed by atoms with Crippen LogP contribution in [-0.4, -0.2) is 24.1 Å². The Morgan fingerprint density at radius 2 is 2.16 bits per heavy atom. The fraction of sp³-hybridized carbons (Fsp3) is 0.231. The second-order valence-corrected chi connectivity index (χ2v) is 4.95. The maximum Gasteiger partial charge on any atom is 0.293 e. The van der Waals surface area contributed by atoms with E-state index in [-0.39, 0.29) is 23.8 Å². The van der Waals surface area contributed by atoms with Crippen molar-refractivity contribution in [1.29, 1.82) is 0 Å².